The van der Waals surface area contributed by atoms with Crippen LogP contribution in [0.3, 0.4) is 0 Å². The highest BCUT2D eigenvalue weighted by molar-refractivity contribution is 7.80. The number of hydrogen-bond acceptors (Lipinski definition) is 2. The maximum Gasteiger partial charge on any atom is 0.0601 e. The summed E-state index contributed by atoms with van der Waals surface area (Å²) in [7, 11) is 0. The number of unbranched alkanes of at least 4 members (excludes halogenated alkanes) is 1. The average Bonchev–Trinajstić information content (AvgIpc) is 1.89. The van der Waals surface area contributed by atoms with E-state index in [4.69, 9.17) is 16.3 Å². The van der Waals surface area contributed by atoms with Crippen LogP contribution in [0, 0.1) is 0 Å². The zero-order chi connectivity index (χ0) is 6.95. The van der Waals surface area contributed by atoms with Gasteiger partial charge in [0.1, 0.15) is 0 Å². The third-order valence-electron chi connectivity index (χ3n) is 0.918. The molecule has 0 rings (SSSR count). The fourth-order valence-electron chi connectivity index (χ4n) is 0.473. The molecule has 0 aromatic carbocycles. The van der Waals surface area contributed by atoms with Gasteiger partial charge in [-0.3, -0.25) is 0 Å². The van der Waals surface area contributed by atoms with Crippen molar-refractivity contribution in [2.24, 2.45) is 0 Å². The zero-order valence-corrected chi connectivity index (χ0v) is 7.13. The minimum Gasteiger partial charge on any atom is -0.380 e. The van der Waals surface area contributed by atoms with E-state index < -0.39 is 0 Å². The molecule has 0 aromatic rings. The monoisotopic (exact) mass is 168 g/mol. The summed E-state index contributed by atoms with van der Waals surface area (Å²) < 4.78 is 5.12. The lowest BCUT2D eigenvalue weighted by Gasteiger charge is -1.98. The molecule has 56 valence electrons. The van der Waals surface area contributed by atoms with Gasteiger partial charge in [-0.05, 0) is 18.6 Å². The lowest BCUT2D eigenvalue weighted by atomic mass is 10.4. The maximum absolute atomic E-state index is 5.37. The number of thiol groups is 1. The molecule has 1 nitrogen and oxygen atoms in total. The van der Waals surface area contributed by atoms with Crippen LogP contribution in [0.5, 0.6) is 0 Å². The first kappa shape index (κ1) is 9.60. The molecular formula is C6H13ClOS. The molecule has 0 radical (unpaired) electrons. The predicted molar refractivity (Wildman–Crippen MR) is 44.6 cm³/mol. The molecule has 0 atom stereocenters. The van der Waals surface area contributed by atoms with Gasteiger partial charge >= 0.3 is 0 Å². The van der Waals surface area contributed by atoms with E-state index in [1.54, 1.807) is 0 Å². The van der Waals surface area contributed by atoms with Crippen molar-refractivity contribution in [1.82, 2.24) is 0 Å². The molecule has 0 fully saturated rings. The van der Waals surface area contributed by atoms with E-state index in [-0.39, 0.29) is 0 Å². The molecule has 0 saturated carbocycles. The van der Waals surface area contributed by atoms with Crippen LogP contribution in [0.4, 0.5) is 0 Å². The van der Waals surface area contributed by atoms with Gasteiger partial charge in [-0.2, -0.15) is 12.6 Å². The molecule has 0 bridgehead atoms. The quantitative estimate of drug-likeness (QED) is 0.363. The largest absolute Gasteiger partial charge is 0.380 e. The van der Waals surface area contributed by atoms with Crippen LogP contribution in [-0.4, -0.2) is 24.8 Å². The maximum atomic E-state index is 5.37. The van der Waals surface area contributed by atoms with Crippen LogP contribution in [-0.2, 0) is 4.74 Å². The van der Waals surface area contributed by atoms with Crippen LogP contribution in [0.15, 0.2) is 0 Å². The highest BCUT2D eigenvalue weighted by atomic mass is 35.5. The summed E-state index contributed by atoms with van der Waals surface area (Å²) in [5.41, 5.74) is 0. The number of halogens is 1. The Bertz CT molecular complexity index is 46.3. The Balaban J connectivity index is 2.60. The summed E-state index contributed by atoms with van der Waals surface area (Å²) >= 11 is 9.44. The van der Waals surface area contributed by atoms with Crippen molar-refractivity contribution in [3.8, 4) is 0 Å². The van der Waals surface area contributed by atoms with Gasteiger partial charge in [0, 0.05) is 12.5 Å². The van der Waals surface area contributed by atoms with Gasteiger partial charge in [0.25, 0.3) is 0 Å². The van der Waals surface area contributed by atoms with Gasteiger partial charge in [-0.15, -0.1) is 11.6 Å². The first-order chi connectivity index (χ1) is 4.41. The van der Waals surface area contributed by atoms with Crippen LogP contribution < -0.4 is 0 Å². The highest BCUT2D eigenvalue weighted by Gasteiger charge is 1.85. The van der Waals surface area contributed by atoms with Gasteiger partial charge < -0.3 is 4.74 Å². The third kappa shape index (κ3) is 8.60. The first-order valence-electron chi connectivity index (χ1n) is 3.16. The van der Waals surface area contributed by atoms with E-state index in [1.807, 2.05) is 0 Å². The molecular weight excluding hydrogens is 156 g/mol. The van der Waals surface area contributed by atoms with E-state index >= 15 is 0 Å². The standard InChI is InChI=1S/C6H13ClOS/c7-3-5-8-4-1-2-6-9/h9H,1-6H2. The molecule has 3 heteroatoms. The van der Waals surface area contributed by atoms with Crippen LogP contribution in [0.1, 0.15) is 12.8 Å². The molecule has 0 aromatic heterocycles. The lowest BCUT2D eigenvalue weighted by Crippen LogP contribution is -1.97. The second kappa shape index (κ2) is 8.60. The third-order valence-corrected chi connectivity index (χ3v) is 1.39. The molecule has 0 aliphatic carbocycles. The van der Waals surface area contributed by atoms with Crippen LogP contribution in [0.2, 0.25) is 0 Å². The van der Waals surface area contributed by atoms with Crippen molar-refractivity contribution < 1.29 is 4.74 Å². The van der Waals surface area contributed by atoms with E-state index in [0.717, 1.165) is 25.2 Å². The Hall–Kier alpha value is 0.600. The van der Waals surface area contributed by atoms with Gasteiger partial charge in [-0.25, -0.2) is 0 Å². The van der Waals surface area contributed by atoms with Gasteiger partial charge in [0.05, 0.1) is 6.61 Å². The number of rotatable bonds is 6. The molecule has 0 saturated heterocycles. The lowest BCUT2D eigenvalue weighted by molar-refractivity contribution is 0.146. The summed E-state index contributed by atoms with van der Waals surface area (Å²) in [6, 6.07) is 0. The average molecular weight is 169 g/mol. The summed E-state index contributed by atoms with van der Waals surface area (Å²) in [6.45, 7) is 1.50. The normalized spacial score (nSPS) is 10.0. The number of alkyl halides is 1. The van der Waals surface area contributed by atoms with Gasteiger partial charge in [0.15, 0.2) is 0 Å². The smallest absolute Gasteiger partial charge is 0.0601 e. The van der Waals surface area contributed by atoms with E-state index in [0.29, 0.717) is 12.5 Å². The molecule has 0 spiro atoms. The molecule has 0 amide bonds. The van der Waals surface area contributed by atoms with Crippen molar-refractivity contribution in [2.45, 2.75) is 12.8 Å². The molecule has 0 heterocycles. The van der Waals surface area contributed by atoms with E-state index in [9.17, 15) is 0 Å². The second-order valence-corrected chi connectivity index (χ2v) is 2.56. The summed E-state index contributed by atoms with van der Waals surface area (Å²) in [5, 5.41) is 0. The SMILES string of the molecule is SCCCCOCCCl. The Morgan fingerprint density at radius 2 is 2.00 bits per heavy atom. The number of ether oxygens (including phenoxy) is 1. The minimum absolute atomic E-state index is 0.598. The zero-order valence-electron chi connectivity index (χ0n) is 5.48. The number of hydrogen-bond donors (Lipinski definition) is 1. The fourth-order valence-corrected chi connectivity index (χ4v) is 0.805. The summed E-state index contributed by atoms with van der Waals surface area (Å²) in [6.07, 6.45) is 2.23. The summed E-state index contributed by atoms with van der Waals surface area (Å²) in [4.78, 5) is 0. The van der Waals surface area contributed by atoms with Crippen molar-refractivity contribution in [2.75, 3.05) is 24.8 Å². The predicted octanol–water partition coefficient (Wildman–Crippen LogP) is 1.95. The van der Waals surface area contributed by atoms with E-state index in [2.05, 4.69) is 12.6 Å². The Labute approximate surface area is 67.1 Å². The Morgan fingerprint density at radius 1 is 1.22 bits per heavy atom. The van der Waals surface area contributed by atoms with Crippen LogP contribution >= 0.6 is 24.2 Å². The van der Waals surface area contributed by atoms with Crippen molar-refractivity contribution in [1.29, 1.82) is 0 Å². The highest BCUT2D eigenvalue weighted by Crippen LogP contribution is 1.91. The molecule has 0 N–H and O–H groups in total. The minimum atomic E-state index is 0.598. The molecule has 0 unspecified atom stereocenters. The van der Waals surface area contributed by atoms with E-state index in [1.165, 1.54) is 0 Å². The topological polar surface area (TPSA) is 9.23 Å². The fraction of sp³-hybridized carbons (Fsp3) is 1.00. The van der Waals surface area contributed by atoms with Gasteiger partial charge in [0.2, 0.25) is 0 Å². The Kier molecular flexibility index (Phi) is 9.17. The molecule has 9 heavy (non-hydrogen) atoms. The second-order valence-electron chi connectivity index (χ2n) is 1.73. The van der Waals surface area contributed by atoms with Crippen molar-refractivity contribution in [3.05, 3.63) is 0 Å². The summed E-state index contributed by atoms with van der Waals surface area (Å²) in [5.74, 6) is 1.55. The Morgan fingerprint density at radius 3 is 2.56 bits per heavy atom. The molecule has 0 aliphatic rings. The van der Waals surface area contributed by atoms with Crippen molar-refractivity contribution >= 4 is 24.2 Å². The first-order valence-corrected chi connectivity index (χ1v) is 4.33. The van der Waals surface area contributed by atoms with Crippen molar-refractivity contribution in [3.63, 3.8) is 0 Å². The van der Waals surface area contributed by atoms with Crippen LogP contribution in [0.25, 0.3) is 0 Å². The van der Waals surface area contributed by atoms with Gasteiger partial charge in [-0.1, -0.05) is 0 Å². The molecule has 0 aliphatic heterocycles.